The third kappa shape index (κ3) is 3.77. The van der Waals surface area contributed by atoms with Crippen LogP contribution in [0, 0.1) is 11.8 Å². The van der Waals surface area contributed by atoms with Gasteiger partial charge in [-0.25, -0.2) is 0 Å². The zero-order valence-electron chi connectivity index (χ0n) is 10.6. The Morgan fingerprint density at radius 2 is 2.00 bits per heavy atom. The molecule has 0 bridgehead atoms. The number of carbonyl (C=O) groups is 1. The molecule has 94 valence electrons. The first-order valence-electron chi connectivity index (χ1n) is 5.91. The number of hydrogen-bond acceptors (Lipinski definition) is 2. The molecule has 1 aromatic rings. The number of aryl methyl sites for hydroxylation is 1. The van der Waals surface area contributed by atoms with Gasteiger partial charge in [-0.3, -0.25) is 4.79 Å². The highest BCUT2D eigenvalue weighted by Gasteiger charge is 2.21. The number of methoxy groups -OCH3 is 1. The number of aliphatic carboxylic acids is 1. The van der Waals surface area contributed by atoms with Gasteiger partial charge in [-0.15, -0.1) is 0 Å². The quantitative estimate of drug-likeness (QED) is 0.826. The molecule has 0 heterocycles. The van der Waals surface area contributed by atoms with E-state index >= 15 is 0 Å². The van der Waals surface area contributed by atoms with E-state index in [1.165, 1.54) is 0 Å². The number of carboxylic acid groups (broad SMARTS) is 1. The van der Waals surface area contributed by atoms with E-state index in [9.17, 15) is 4.79 Å². The topological polar surface area (TPSA) is 46.5 Å². The Hall–Kier alpha value is -1.51. The highest BCUT2D eigenvalue weighted by atomic mass is 16.5. The highest BCUT2D eigenvalue weighted by molar-refractivity contribution is 5.70. The summed E-state index contributed by atoms with van der Waals surface area (Å²) in [4.78, 5) is 11.1. The van der Waals surface area contributed by atoms with Gasteiger partial charge in [0.1, 0.15) is 5.75 Å². The molecule has 1 aromatic carbocycles. The van der Waals surface area contributed by atoms with Gasteiger partial charge in [0.15, 0.2) is 0 Å². The minimum atomic E-state index is -0.713. The van der Waals surface area contributed by atoms with Crippen molar-refractivity contribution in [2.75, 3.05) is 7.11 Å². The van der Waals surface area contributed by atoms with Crippen molar-refractivity contribution in [1.29, 1.82) is 0 Å². The molecular weight excluding hydrogens is 216 g/mol. The third-order valence-electron chi connectivity index (χ3n) is 3.04. The van der Waals surface area contributed by atoms with Crippen molar-refractivity contribution in [1.82, 2.24) is 0 Å². The third-order valence-corrected chi connectivity index (χ3v) is 3.04. The van der Waals surface area contributed by atoms with Gasteiger partial charge in [-0.1, -0.05) is 32.0 Å². The fraction of sp³-hybridized carbons (Fsp3) is 0.500. The minimum absolute atomic E-state index is 0.155. The summed E-state index contributed by atoms with van der Waals surface area (Å²) in [5, 5.41) is 9.12. The molecule has 0 saturated carbocycles. The first kappa shape index (κ1) is 13.6. The molecule has 0 aromatic heterocycles. The van der Waals surface area contributed by atoms with Crippen molar-refractivity contribution in [3.63, 3.8) is 0 Å². The summed E-state index contributed by atoms with van der Waals surface area (Å²) in [5.74, 6) is -0.0163. The average molecular weight is 236 g/mol. The molecule has 3 heteroatoms. The van der Waals surface area contributed by atoms with Crippen LogP contribution in [0.3, 0.4) is 0 Å². The summed E-state index contributed by atoms with van der Waals surface area (Å²) in [6.07, 6.45) is 1.38. The van der Waals surface area contributed by atoms with E-state index in [2.05, 4.69) is 0 Å². The van der Waals surface area contributed by atoms with Crippen molar-refractivity contribution >= 4 is 5.97 Å². The van der Waals surface area contributed by atoms with E-state index in [-0.39, 0.29) is 11.8 Å². The number of benzene rings is 1. The number of carboxylic acids is 1. The molecule has 0 aliphatic carbocycles. The maximum atomic E-state index is 11.1. The monoisotopic (exact) mass is 236 g/mol. The number of para-hydroxylation sites is 1. The molecular formula is C14H20O3. The maximum Gasteiger partial charge on any atom is 0.306 e. The van der Waals surface area contributed by atoms with E-state index in [1.807, 2.05) is 38.1 Å². The van der Waals surface area contributed by atoms with E-state index in [1.54, 1.807) is 7.11 Å². The predicted molar refractivity (Wildman–Crippen MR) is 67.3 cm³/mol. The lowest BCUT2D eigenvalue weighted by Crippen LogP contribution is -2.20. The van der Waals surface area contributed by atoms with Crippen molar-refractivity contribution in [3.8, 4) is 5.75 Å². The Kier molecular flexibility index (Phi) is 5.01. The Bertz CT molecular complexity index is 371. The Labute approximate surface area is 102 Å². The summed E-state index contributed by atoms with van der Waals surface area (Å²) in [6.45, 7) is 3.89. The molecule has 0 fully saturated rings. The molecule has 3 nitrogen and oxygen atoms in total. The smallest absolute Gasteiger partial charge is 0.306 e. The van der Waals surface area contributed by atoms with Gasteiger partial charge in [0, 0.05) is 0 Å². The number of rotatable bonds is 6. The van der Waals surface area contributed by atoms with Crippen LogP contribution in [0.5, 0.6) is 5.75 Å². The largest absolute Gasteiger partial charge is 0.496 e. The molecule has 0 radical (unpaired) electrons. The van der Waals surface area contributed by atoms with Crippen molar-refractivity contribution in [3.05, 3.63) is 29.8 Å². The van der Waals surface area contributed by atoms with Crippen LogP contribution in [0.4, 0.5) is 0 Å². The van der Waals surface area contributed by atoms with E-state index in [0.717, 1.165) is 17.7 Å². The van der Waals surface area contributed by atoms with E-state index in [4.69, 9.17) is 9.84 Å². The lowest BCUT2D eigenvalue weighted by Gasteiger charge is -2.16. The summed E-state index contributed by atoms with van der Waals surface area (Å²) in [7, 11) is 1.63. The lowest BCUT2D eigenvalue weighted by molar-refractivity contribution is -0.143. The van der Waals surface area contributed by atoms with Gasteiger partial charge in [0.2, 0.25) is 0 Å². The molecule has 0 amide bonds. The molecule has 0 spiro atoms. The maximum absolute atomic E-state index is 11.1. The second-order valence-electron chi connectivity index (χ2n) is 4.54. The second kappa shape index (κ2) is 6.28. The zero-order chi connectivity index (χ0) is 12.8. The van der Waals surface area contributed by atoms with Crippen molar-refractivity contribution in [2.24, 2.45) is 11.8 Å². The van der Waals surface area contributed by atoms with E-state index in [0.29, 0.717) is 6.42 Å². The highest BCUT2D eigenvalue weighted by Crippen LogP contribution is 2.23. The molecule has 0 saturated heterocycles. The van der Waals surface area contributed by atoms with Crippen LogP contribution >= 0.6 is 0 Å². The Morgan fingerprint density at radius 3 is 2.53 bits per heavy atom. The van der Waals surface area contributed by atoms with Gasteiger partial charge in [0.05, 0.1) is 13.0 Å². The van der Waals surface area contributed by atoms with Crippen LogP contribution in [-0.4, -0.2) is 18.2 Å². The van der Waals surface area contributed by atoms with E-state index < -0.39 is 5.97 Å². The Balaban J connectivity index is 2.68. The summed E-state index contributed by atoms with van der Waals surface area (Å²) in [6, 6.07) is 7.75. The number of ether oxygens (including phenoxy) is 1. The first-order valence-corrected chi connectivity index (χ1v) is 5.91. The van der Waals surface area contributed by atoms with Gasteiger partial charge in [0.25, 0.3) is 0 Å². The molecule has 17 heavy (non-hydrogen) atoms. The second-order valence-corrected chi connectivity index (χ2v) is 4.54. The molecule has 1 unspecified atom stereocenters. The standard InChI is InChI=1S/C14H20O3/c1-10(2)12(14(15)16)9-8-11-6-4-5-7-13(11)17-3/h4-7,10,12H,8-9H2,1-3H3,(H,15,16). The molecule has 0 aliphatic heterocycles. The molecule has 1 atom stereocenters. The summed E-state index contributed by atoms with van der Waals surface area (Å²) in [5.41, 5.74) is 1.07. The predicted octanol–water partition coefficient (Wildman–Crippen LogP) is 2.98. The van der Waals surface area contributed by atoms with Gasteiger partial charge in [-0.2, -0.15) is 0 Å². The molecule has 1 rings (SSSR count). The normalized spacial score (nSPS) is 12.5. The van der Waals surface area contributed by atoms with Crippen LogP contribution in [0.1, 0.15) is 25.8 Å². The van der Waals surface area contributed by atoms with Crippen LogP contribution in [-0.2, 0) is 11.2 Å². The van der Waals surface area contributed by atoms with Crippen molar-refractivity contribution in [2.45, 2.75) is 26.7 Å². The summed E-state index contributed by atoms with van der Waals surface area (Å²) >= 11 is 0. The summed E-state index contributed by atoms with van der Waals surface area (Å²) < 4.78 is 5.25. The SMILES string of the molecule is COc1ccccc1CCC(C(=O)O)C(C)C. The molecule has 1 N–H and O–H groups in total. The fourth-order valence-electron chi connectivity index (χ4n) is 1.96. The van der Waals surface area contributed by atoms with Gasteiger partial charge >= 0.3 is 5.97 Å². The zero-order valence-corrected chi connectivity index (χ0v) is 10.6. The molecule has 0 aliphatic rings. The van der Waals surface area contributed by atoms with Crippen LogP contribution in [0.2, 0.25) is 0 Å². The van der Waals surface area contributed by atoms with Crippen LogP contribution < -0.4 is 4.74 Å². The van der Waals surface area contributed by atoms with Gasteiger partial charge < -0.3 is 9.84 Å². The fourth-order valence-corrected chi connectivity index (χ4v) is 1.96. The number of hydrogen-bond donors (Lipinski definition) is 1. The van der Waals surface area contributed by atoms with Gasteiger partial charge in [-0.05, 0) is 30.4 Å². The Morgan fingerprint density at radius 1 is 1.35 bits per heavy atom. The van der Waals surface area contributed by atoms with Crippen LogP contribution in [0.15, 0.2) is 24.3 Å². The lowest BCUT2D eigenvalue weighted by atomic mass is 9.89. The first-order chi connectivity index (χ1) is 8.06. The van der Waals surface area contributed by atoms with Crippen LogP contribution in [0.25, 0.3) is 0 Å². The minimum Gasteiger partial charge on any atom is -0.496 e. The van der Waals surface area contributed by atoms with Crippen molar-refractivity contribution < 1.29 is 14.6 Å². The average Bonchev–Trinajstić information content (AvgIpc) is 2.29.